The highest BCUT2D eigenvalue weighted by Gasteiger charge is 2.17. The lowest BCUT2D eigenvalue weighted by molar-refractivity contribution is 0.900. The molecule has 94 valence electrons. The second kappa shape index (κ2) is 5.48. The molecule has 0 fully saturated rings. The molecule has 1 aliphatic rings. The van der Waals surface area contributed by atoms with Crippen molar-refractivity contribution in [2.45, 2.75) is 19.3 Å². The molecule has 1 aromatic heterocycles. The third-order valence-electron chi connectivity index (χ3n) is 3.12. The Kier molecular flexibility index (Phi) is 4.16. The van der Waals surface area contributed by atoms with E-state index in [9.17, 15) is 0 Å². The van der Waals surface area contributed by atoms with Crippen molar-refractivity contribution in [2.75, 3.05) is 0 Å². The summed E-state index contributed by atoms with van der Waals surface area (Å²) < 4.78 is 0. The van der Waals surface area contributed by atoms with E-state index in [4.69, 9.17) is 23.2 Å². The molecule has 1 aliphatic carbocycles. The van der Waals surface area contributed by atoms with Crippen LogP contribution in [0.4, 0.5) is 0 Å². The number of nitrogens with zero attached hydrogens (tertiary/aromatic N) is 1. The molecule has 2 aromatic rings. The molecule has 0 bridgehead atoms. The third-order valence-corrected chi connectivity index (χ3v) is 3.69. The first-order valence-electron chi connectivity index (χ1n) is 5.68. The van der Waals surface area contributed by atoms with Gasteiger partial charge in [-0.15, -0.1) is 12.4 Å². The maximum absolute atomic E-state index is 6.29. The van der Waals surface area contributed by atoms with E-state index in [0.29, 0.717) is 0 Å². The maximum Gasteiger partial charge on any atom is 0.0720 e. The molecule has 0 radical (unpaired) electrons. The first kappa shape index (κ1) is 13.7. The van der Waals surface area contributed by atoms with E-state index in [1.165, 1.54) is 5.56 Å². The summed E-state index contributed by atoms with van der Waals surface area (Å²) in [6.07, 6.45) is 3.24. The molecule has 1 nitrogen and oxygen atoms in total. The van der Waals surface area contributed by atoms with Crippen LogP contribution in [0.15, 0.2) is 30.3 Å². The summed E-state index contributed by atoms with van der Waals surface area (Å²) in [6, 6.07) is 9.66. The number of hydrogen-bond acceptors (Lipinski definition) is 1. The molecular formula is C14H12Cl3N. The zero-order chi connectivity index (χ0) is 11.8. The number of halogens is 3. The Balaban J connectivity index is 0.00000120. The lowest BCUT2D eigenvalue weighted by Gasteiger charge is -2.07. The highest BCUT2D eigenvalue weighted by Crippen LogP contribution is 2.32. The number of pyridine rings is 1. The van der Waals surface area contributed by atoms with E-state index in [1.54, 1.807) is 0 Å². The van der Waals surface area contributed by atoms with Gasteiger partial charge in [0, 0.05) is 21.3 Å². The quantitative estimate of drug-likeness (QED) is 0.725. The monoisotopic (exact) mass is 299 g/mol. The minimum atomic E-state index is 0. The largest absolute Gasteiger partial charge is 0.252 e. The van der Waals surface area contributed by atoms with Gasteiger partial charge >= 0.3 is 0 Å². The molecule has 4 heteroatoms. The van der Waals surface area contributed by atoms with Crippen molar-refractivity contribution >= 4 is 35.6 Å². The molecule has 0 saturated heterocycles. The van der Waals surface area contributed by atoms with Gasteiger partial charge in [0.05, 0.1) is 5.69 Å². The van der Waals surface area contributed by atoms with E-state index >= 15 is 0 Å². The summed E-state index contributed by atoms with van der Waals surface area (Å²) in [5.74, 6) is 0. The van der Waals surface area contributed by atoms with Crippen molar-refractivity contribution in [3.05, 3.63) is 51.6 Å². The van der Waals surface area contributed by atoms with E-state index in [2.05, 4.69) is 4.98 Å². The van der Waals surface area contributed by atoms with Crippen molar-refractivity contribution < 1.29 is 0 Å². The SMILES string of the molecule is Cl.Clc1cccc(-c2cc(Cl)c3c(n2)CCC3)c1. The van der Waals surface area contributed by atoms with Crippen molar-refractivity contribution in [2.24, 2.45) is 0 Å². The van der Waals surface area contributed by atoms with Gasteiger partial charge in [-0.1, -0.05) is 35.3 Å². The molecule has 0 N–H and O–H groups in total. The van der Waals surface area contributed by atoms with Crippen LogP contribution in [0.1, 0.15) is 17.7 Å². The van der Waals surface area contributed by atoms with Crippen LogP contribution in [-0.4, -0.2) is 4.98 Å². The van der Waals surface area contributed by atoms with Crippen LogP contribution in [0.3, 0.4) is 0 Å². The smallest absolute Gasteiger partial charge is 0.0720 e. The Bertz CT molecular complexity index is 581. The molecule has 0 atom stereocenters. The average molecular weight is 301 g/mol. The van der Waals surface area contributed by atoms with Crippen LogP contribution in [0.2, 0.25) is 10.0 Å². The maximum atomic E-state index is 6.29. The van der Waals surface area contributed by atoms with Gasteiger partial charge in [0.15, 0.2) is 0 Å². The van der Waals surface area contributed by atoms with Gasteiger partial charge in [0.25, 0.3) is 0 Å². The molecule has 18 heavy (non-hydrogen) atoms. The highest BCUT2D eigenvalue weighted by atomic mass is 35.5. The van der Waals surface area contributed by atoms with E-state index in [0.717, 1.165) is 46.3 Å². The predicted octanol–water partition coefficient (Wildman–Crippen LogP) is 4.97. The summed E-state index contributed by atoms with van der Waals surface area (Å²) in [4.78, 5) is 4.68. The zero-order valence-corrected chi connectivity index (χ0v) is 11.9. The topological polar surface area (TPSA) is 12.9 Å². The fourth-order valence-corrected chi connectivity index (χ4v) is 2.79. The van der Waals surface area contributed by atoms with Crippen LogP contribution in [0, 0.1) is 0 Å². The highest BCUT2D eigenvalue weighted by molar-refractivity contribution is 6.32. The van der Waals surface area contributed by atoms with Crippen LogP contribution in [-0.2, 0) is 12.8 Å². The molecule has 0 aliphatic heterocycles. The molecule has 0 spiro atoms. The number of aromatic nitrogens is 1. The standard InChI is InChI=1S/C14H11Cl2N.ClH/c15-10-4-1-3-9(7-10)14-8-12(16)11-5-2-6-13(11)17-14;/h1,3-4,7-8H,2,5-6H2;1H. The Morgan fingerprint density at radius 1 is 1.06 bits per heavy atom. The van der Waals surface area contributed by atoms with Crippen molar-refractivity contribution in [1.29, 1.82) is 0 Å². The van der Waals surface area contributed by atoms with Gasteiger partial charge < -0.3 is 0 Å². The molecule has 3 rings (SSSR count). The predicted molar refractivity (Wildman–Crippen MR) is 79.0 cm³/mol. The average Bonchev–Trinajstić information content (AvgIpc) is 2.77. The van der Waals surface area contributed by atoms with Gasteiger partial charge in [0.1, 0.15) is 0 Å². The fraction of sp³-hybridized carbons (Fsp3) is 0.214. The molecule has 1 aromatic carbocycles. The molecule has 0 unspecified atom stereocenters. The summed E-state index contributed by atoms with van der Waals surface area (Å²) in [6.45, 7) is 0. The van der Waals surface area contributed by atoms with Crippen molar-refractivity contribution in [3.63, 3.8) is 0 Å². The third kappa shape index (κ3) is 2.49. The minimum absolute atomic E-state index is 0. The van der Waals surface area contributed by atoms with Crippen LogP contribution in [0.25, 0.3) is 11.3 Å². The van der Waals surface area contributed by atoms with Crippen molar-refractivity contribution in [1.82, 2.24) is 4.98 Å². The zero-order valence-electron chi connectivity index (χ0n) is 9.62. The molecule has 0 saturated carbocycles. The molecular weight excluding hydrogens is 289 g/mol. The summed E-state index contributed by atoms with van der Waals surface area (Å²) in [5.41, 5.74) is 4.30. The van der Waals surface area contributed by atoms with E-state index in [1.807, 2.05) is 30.3 Å². The Morgan fingerprint density at radius 2 is 1.89 bits per heavy atom. The lowest BCUT2D eigenvalue weighted by atomic mass is 10.1. The Labute approximate surface area is 123 Å². The Hall–Kier alpha value is -0.760. The molecule has 0 amide bonds. The minimum Gasteiger partial charge on any atom is -0.252 e. The lowest BCUT2D eigenvalue weighted by Crippen LogP contribution is -1.93. The van der Waals surface area contributed by atoms with Crippen LogP contribution < -0.4 is 0 Å². The second-order valence-corrected chi connectivity index (χ2v) is 5.12. The van der Waals surface area contributed by atoms with Crippen LogP contribution >= 0.6 is 35.6 Å². The number of aryl methyl sites for hydroxylation is 1. The van der Waals surface area contributed by atoms with Crippen LogP contribution in [0.5, 0.6) is 0 Å². The number of benzene rings is 1. The number of rotatable bonds is 1. The number of hydrogen-bond donors (Lipinski definition) is 0. The van der Waals surface area contributed by atoms with Gasteiger partial charge in [-0.05, 0) is 43.0 Å². The summed E-state index contributed by atoms with van der Waals surface area (Å²) >= 11 is 12.3. The van der Waals surface area contributed by atoms with E-state index < -0.39 is 0 Å². The first-order chi connectivity index (χ1) is 8.24. The normalized spacial score (nSPS) is 13.0. The first-order valence-corrected chi connectivity index (χ1v) is 6.44. The van der Waals surface area contributed by atoms with Gasteiger partial charge in [-0.2, -0.15) is 0 Å². The molecule has 1 heterocycles. The fourth-order valence-electron chi connectivity index (χ4n) is 2.29. The summed E-state index contributed by atoms with van der Waals surface area (Å²) in [5, 5.41) is 1.56. The van der Waals surface area contributed by atoms with Gasteiger partial charge in [0.2, 0.25) is 0 Å². The second-order valence-electron chi connectivity index (χ2n) is 4.28. The van der Waals surface area contributed by atoms with Crippen molar-refractivity contribution in [3.8, 4) is 11.3 Å². The van der Waals surface area contributed by atoms with Gasteiger partial charge in [-0.25, -0.2) is 0 Å². The summed E-state index contributed by atoms with van der Waals surface area (Å²) in [7, 11) is 0. The number of fused-ring (bicyclic) bond motifs is 1. The Morgan fingerprint density at radius 3 is 2.67 bits per heavy atom. The van der Waals surface area contributed by atoms with E-state index in [-0.39, 0.29) is 12.4 Å². The van der Waals surface area contributed by atoms with Gasteiger partial charge in [-0.3, -0.25) is 4.98 Å².